The first-order valence-corrected chi connectivity index (χ1v) is 7.01. The predicted molar refractivity (Wildman–Crippen MR) is 73.6 cm³/mol. The van der Waals surface area contributed by atoms with Crippen LogP contribution in [-0.2, 0) is 9.53 Å². The van der Waals surface area contributed by atoms with Gasteiger partial charge < -0.3 is 9.64 Å². The molecule has 4 heteroatoms. The Balaban J connectivity index is 2.74. The molecule has 0 aromatic heterocycles. The molecule has 1 N–H and O–H groups in total. The Labute approximate surface area is 111 Å². The number of nitrogens with zero attached hydrogens (tertiary/aromatic N) is 1. The molecule has 1 saturated carbocycles. The van der Waals surface area contributed by atoms with Crippen molar-refractivity contribution in [3.05, 3.63) is 0 Å². The van der Waals surface area contributed by atoms with Crippen molar-refractivity contribution < 1.29 is 9.53 Å². The van der Waals surface area contributed by atoms with Crippen molar-refractivity contribution in [3.8, 4) is 0 Å². The topological polar surface area (TPSA) is 41.6 Å². The van der Waals surface area contributed by atoms with Gasteiger partial charge in [-0.25, -0.2) is 0 Å². The van der Waals surface area contributed by atoms with Crippen LogP contribution >= 0.6 is 0 Å². The van der Waals surface area contributed by atoms with E-state index in [1.54, 1.807) is 0 Å². The fraction of sp³-hybridized carbons (Fsp3) is 0.929. The molecule has 0 saturated heterocycles. The van der Waals surface area contributed by atoms with Crippen molar-refractivity contribution in [1.29, 1.82) is 0 Å². The second-order valence-corrected chi connectivity index (χ2v) is 5.75. The maximum Gasteiger partial charge on any atom is 0.326 e. The monoisotopic (exact) mass is 256 g/mol. The summed E-state index contributed by atoms with van der Waals surface area (Å²) < 4.78 is 5.01. The van der Waals surface area contributed by atoms with E-state index < -0.39 is 5.54 Å². The van der Waals surface area contributed by atoms with Crippen LogP contribution in [0.1, 0.15) is 46.5 Å². The van der Waals surface area contributed by atoms with Gasteiger partial charge in [0.15, 0.2) is 0 Å². The Hall–Kier alpha value is -0.610. The first kappa shape index (κ1) is 15.4. The summed E-state index contributed by atoms with van der Waals surface area (Å²) in [6.07, 6.45) is 3.94. The molecule has 0 radical (unpaired) electrons. The Kier molecular flexibility index (Phi) is 5.60. The highest BCUT2D eigenvalue weighted by Crippen LogP contribution is 2.34. The van der Waals surface area contributed by atoms with E-state index in [0.717, 1.165) is 32.2 Å². The quantitative estimate of drug-likeness (QED) is 0.736. The summed E-state index contributed by atoms with van der Waals surface area (Å²) in [5, 5.41) is 3.43. The number of rotatable bonds is 6. The highest BCUT2D eigenvalue weighted by atomic mass is 16.5. The van der Waals surface area contributed by atoms with Gasteiger partial charge in [-0.1, -0.05) is 6.92 Å². The molecule has 0 aromatic rings. The molecule has 0 heterocycles. The van der Waals surface area contributed by atoms with Gasteiger partial charge >= 0.3 is 5.97 Å². The van der Waals surface area contributed by atoms with Crippen LogP contribution in [0.3, 0.4) is 0 Å². The number of carbonyl (C=O) groups is 1. The zero-order chi connectivity index (χ0) is 13.8. The number of hydrogen-bond donors (Lipinski definition) is 1. The van der Waals surface area contributed by atoms with Crippen LogP contribution in [-0.4, -0.2) is 49.2 Å². The van der Waals surface area contributed by atoms with Gasteiger partial charge in [-0.3, -0.25) is 10.1 Å². The summed E-state index contributed by atoms with van der Waals surface area (Å²) in [5.74, 6) is -0.108. The molecule has 0 aliphatic heterocycles. The molecule has 4 nitrogen and oxygen atoms in total. The lowest BCUT2D eigenvalue weighted by molar-refractivity contribution is -0.149. The highest BCUT2D eigenvalue weighted by molar-refractivity contribution is 5.81. The lowest BCUT2D eigenvalue weighted by atomic mass is 9.96. The van der Waals surface area contributed by atoms with E-state index in [2.05, 4.69) is 38.0 Å². The van der Waals surface area contributed by atoms with E-state index in [9.17, 15) is 4.79 Å². The molecule has 0 amide bonds. The Morgan fingerprint density at radius 2 is 2.22 bits per heavy atom. The van der Waals surface area contributed by atoms with Gasteiger partial charge in [-0.2, -0.15) is 0 Å². The van der Waals surface area contributed by atoms with Crippen molar-refractivity contribution in [1.82, 2.24) is 10.2 Å². The lowest BCUT2D eigenvalue weighted by Gasteiger charge is -2.31. The van der Waals surface area contributed by atoms with Crippen molar-refractivity contribution in [2.24, 2.45) is 0 Å². The smallest absolute Gasteiger partial charge is 0.326 e. The Bertz CT molecular complexity index is 281. The maximum absolute atomic E-state index is 12.1. The molecule has 2 unspecified atom stereocenters. The van der Waals surface area contributed by atoms with Gasteiger partial charge in [0.1, 0.15) is 5.54 Å². The second-order valence-electron chi connectivity index (χ2n) is 5.75. The van der Waals surface area contributed by atoms with Crippen molar-refractivity contribution >= 4 is 5.97 Å². The van der Waals surface area contributed by atoms with Crippen molar-refractivity contribution in [2.75, 3.05) is 20.7 Å². The van der Waals surface area contributed by atoms with Crippen LogP contribution in [0.15, 0.2) is 0 Å². The zero-order valence-corrected chi connectivity index (χ0v) is 12.5. The second kappa shape index (κ2) is 6.53. The molecular weight excluding hydrogens is 228 g/mol. The maximum atomic E-state index is 12.1. The average Bonchev–Trinajstić information content (AvgIpc) is 2.73. The van der Waals surface area contributed by atoms with Crippen LogP contribution in [0.4, 0.5) is 0 Å². The van der Waals surface area contributed by atoms with E-state index in [-0.39, 0.29) is 5.97 Å². The number of carbonyl (C=O) groups excluding carboxylic acids is 1. The lowest BCUT2D eigenvalue weighted by Crippen LogP contribution is -2.54. The highest BCUT2D eigenvalue weighted by Gasteiger charge is 2.47. The summed E-state index contributed by atoms with van der Waals surface area (Å²) in [5.41, 5.74) is -0.477. The number of nitrogens with one attached hydrogen (secondary N) is 1. The molecule has 1 aliphatic carbocycles. The molecule has 1 aliphatic rings. The molecule has 1 fully saturated rings. The van der Waals surface area contributed by atoms with Gasteiger partial charge in [0.25, 0.3) is 0 Å². The Morgan fingerprint density at radius 1 is 1.56 bits per heavy atom. The first-order valence-electron chi connectivity index (χ1n) is 7.01. The van der Waals surface area contributed by atoms with E-state index in [1.165, 1.54) is 7.11 Å². The summed E-state index contributed by atoms with van der Waals surface area (Å²) >= 11 is 0. The molecule has 106 valence electrons. The third kappa shape index (κ3) is 3.45. The fourth-order valence-electron chi connectivity index (χ4n) is 3.05. The van der Waals surface area contributed by atoms with Crippen LogP contribution < -0.4 is 5.32 Å². The first-order chi connectivity index (χ1) is 8.45. The summed E-state index contributed by atoms with van der Waals surface area (Å²) in [7, 11) is 3.63. The van der Waals surface area contributed by atoms with Crippen LogP contribution in [0, 0.1) is 0 Å². The Morgan fingerprint density at radius 3 is 2.72 bits per heavy atom. The van der Waals surface area contributed by atoms with E-state index in [4.69, 9.17) is 4.74 Å². The van der Waals surface area contributed by atoms with Crippen LogP contribution in [0.2, 0.25) is 0 Å². The van der Waals surface area contributed by atoms with Gasteiger partial charge in [-0.15, -0.1) is 0 Å². The predicted octanol–water partition coefficient (Wildman–Crippen LogP) is 1.79. The minimum Gasteiger partial charge on any atom is -0.468 e. The van der Waals surface area contributed by atoms with Crippen LogP contribution in [0.25, 0.3) is 0 Å². The molecule has 0 spiro atoms. The van der Waals surface area contributed by atoms with Crippen molar-refractivity contribution in [3.63, 3.8) is 0 Å². The third-order valence-corrected chi connectivity index (χ3v) is 3.83. The molecule has 2 atom stereocenters. The molecular formula is C14H28N2O2. The molecule has 1 rings (SSSR count). The minimum atomic E-state index is -0.477. The van der Waals surface area contributed by atoms with Crippen molar-refractivity contribution in [2.45, 2.75) is 64.1 Å². The average molecular weight is 256 g/mol. The standard InChI is InChI=1S/C14H28N2O2/c1-6-9-16(4)12-7-8-14(10-12,13(17)18-5)15-11(2)3/h11-12,15H,6-10H2,1-5H3. The van der Waals surface area contributed by atoms with Gasteiger partial charge in [0, 0.05) is 12.1 Å². The van der Waals surface area contributed by atoms with E-state index in [1.807, 2.05) is 0 Å². The van der Waals surface area contributed by atoms with Gasteiger partial charge in [-0.05, 0) is 53.1 Å². The van der Waals surface area contributed by atoms with Gasteiger partial charge in [0.2, 0.25) is 0 Å². The van der Waals surface area contributed by atoms with Crippen LogP contribution in [0.5, 0.6) is 0 Å². The number of hydrogen-bond acceptors (Lipinski definition) is 4. The summed E-state index contributed by atoms with van der Waals surface area (Å²) in [6.45, 7) is 7.43. The van der Waals surface area contributed by atoms with Gasteiger partial charge in [0.05, 0.1) is 7.11 Å². The summed E-state index contributed by atoms with van der Waals surface area (Å²) in [4.78, 5) is 14.5. The minimum absolute atomic E-state index is 0.108. The largest absolute Gasteiger partial charge is 0.468 e. The zero-order valence-electron chi connectivity index (χ0n) is 12.5. The summed E-state index contributed by atoms with van der Waals surface area (Å²) in [6, 6.07) is 0.773. The normalized spacial score (nSPS) is 28.1. The third-order valence-electron chi connectivity index (χ3n) is 3.83. The molecule has 18 heavy (non-hydrogen) atoms. The molecule has 0 aromatic carbocycles. The number of methoxy groups -OCH3 is 1. The molecule has 0 bridgehead atoms. The number of esters is 1. The fourth-order valence-corrected chi connectivity index (χ4v) is 3.05. The SMILES string of the molecule is CCCN(C)C1CCC(NC(C)C)(C(=O)OC)C1. The van der Waals surface area contributed by atoms with E-state index >= 15 is 0 Å². The number of ether oxygens (including phenoxy) is 1. The van der Waals surface area contributed by atoms with E-state index in [0.29, 0.717) is 12.1 Å².